The van der Waals surface area contributed by atoms with Crippen LogP contribution in [0.1, 0.15) is 113 Å². The van der Waals surface area contributed by atoms with Gasteiger partial charge in [-0.1, -0.05) is 34.6 Å². The van der Waals surface area contributed by atoms with Crippen LogP contribution >= 0.6 is 0 Å². The zero-order chi connectivity index (χ0) is 33.0. The van der Waals surface area contributed by atoms with Crippen molar-refractivity contribution in [1.82, 2.24) is 0 Å². The molecule has 3 aliphatic heterocycles. The second kappa shape index (κ2) is 9.70. The van der Waals surface area contributed by atoms with Gasteiger partial charge in [-0.25, -0.2) is 0 Å². The lowest BCUT2D eigenvalue weighted by Crippen LogP contribution is -2.60. The Labute approximate surface area is 274 Å². The molecule has 5 saturated carbocycles. The highest BCUT2D eigenvalue weighted by Gasteiger charge is 2.85. The summed E-state index contributed by atoms with van der Waals surface area (Å²) in [4.78, 5) is 12.1. The van der Waals surface area contributed by atoms with Crippen LogP contribution < -0.4 is 0 Å². The monoisotopic (exact) mass is 646 g/mol. The van der Waals surface area contributed by atoms with Crippen LogP contribution in [0.25, 0.3) is 0 Å². The Bertz CT molecular complexity index is 1290. The lowest BCUT2D eigenvalue weighted by molar-refractivity contribution is -0.302. The number of hydrogen-bond acceptors (Lipinski definition) is 9. The van der Waals surface area contributed by atoms with Crippen LogP contribution in [0.5, 0.6) is 0 Å². The molecule has 8 fully saturated rings. The molecule has 8 aliphatic rings. The third kappa shape index (κ3) is 3.86. The van der Waals surface area contributed by atoms with Gasteiger partial charge < -0.3 is 39.0 Å². The predicted octanol–water partition coefficient (Wildman–Crippen LogP) is 4.72. The molecule has 9 nitrogen and oxygen atoms in total. The van der Waals surface area contributed by atoms with Crippen LogP contribution in [-0.2, 0) is 28.5 Å². The number of rotatable bonds is 4. The Morgan fingerprint density at radius 1 is 0.870 bits per heavy atom. The lowest BCUT2D eigenvalue weighted by atomic mass is 9.41. The summed E-state index contributed by atoms with van der Waals surface area (Å²) in [7, 11) is 0. The van der Waals surface area contributed by atoms with E-state index in [1.165, 1.54) is 32.6 Å². The van der Waals surface area contributed by atoms with Crippen molar-refractivity contribution >= 4 is 5.97 Å². The Morgan fingerprint density at radius 3 is 2.28 bits per heavy atom. The highest BCUT2D eigenvalue weighted by molar-refractivity contribution is 5.66. The molecule has 16 unspecified atom stereocenters. The van der Waals surface area contributed by atoms with Gasteiger partial charge in [0.1, 0.15) is 30.0 Å². The minimum atomic E-state index is -1.26. The summed E-state index contributed by atoms with van der Waals surface area (Å²) >= 11 is 0. The first-order valence-electron chi connectivity index (χ1n) is 18.2. The van der Waals surface area contributed by atoms with E-state index in [1.807, 2.05) is 13.8 Å². The van der Waals surface area contributed by atoms with Crippen LogP contribution in [0, 0.1) is 50.7 Å². The van der Waals surface area contributed by atoms with E-state index in [0.29, 0.717) is 34.5 Å². The van der Waals surface area contributed by atoms with E-state index in [4.69, 9.17) is 23.7 Å². The highest BCUT2D eigenvalue weighted by atomic mass is 16.8. The lowest BCUT2D eigenvalue weighted by Gasteiger charge is -2.63. The maximum atomic E-state index is 12.1. The first-order chi connectivity index (χ1) is 21.4. The average molecular weight is 647 g/mol. The first kappa shape index (κ1) is 32.4. The van der Waals surface area contributed by atoms with Gasteiger partial charge in [-0.15, -0.1) is 0 Å². The summed E-state index contributed by atoms with van der Waals surface area (Å²) in [5.74, 6) is 0.961. The summed E-state index contributed by atoms with van der Waals surface area (Å²) < 4.78 is 32.2. The molecule has 0 aromatic heterocycles. The number of fused-ring (bicyclic) bond motifs is 4. The maximum Gasteiger partial charge on any atom is 0.303 e. The normalized spacial score (nSPS) is 58.2. The van der Waals surface area contributed by atoms with Gasteiger partial charge in [0.05, 0.1) is 18.8 Å². The van der Waals surface area contributed by atoms with Crippen molar-refractivity contribution in [2.45, 2.75) is 167 Å². The summed E-state index contributed by atoms with van der Waals surface area (Å²) in [6.07, 6.45) is 4.91. The molecule has 46 heavy (non-hydrogen) atoms. The standard InChI is InChI=1S/C37H58O9/c1-19-15-22-29(32(5,6)44-20(2)38)46-37(45-22)17-34(8)24-10-9-23-31(3,4)25(43-30-27(41)26(40)21(39)16-42-30)11-12-35(23)18-36(24,35)14-13-33(34,7)28(19)37/h19,21-30,39-41H,9-18H2,1-8H3. The molecule has 5 aliphatic carbocycles. The van der Waals surface area contributed by atoms with E-state index in [0.717, 1.165) is 32.1 Å². The van der Waals surface area contributed by atoms with Crippen LogP contribution in [0.15, 0.2) is 0 Å². The third-order valence-electron chi connectivity index (χ3n) is 16.1. The van der Waals surface area contributed by atoms with Gasteiger partial charge in [-0.05, 0) is 110 Å². The molecular weight excluding hydrogens is 588 g/mol. The van der Waals surface area contributed by atoms with Crippen LogP contribution in [0.3, 0.4) is 0 Å². The molecule has 3 saturated heterocycles. The zero-order valence-corrected chi connectivity index (χ0v) is 29.2. The van der Waals surface area contributed by atoms with Crippen molar-refractivity contribution in [1.29, 1.82) is 0 Å². The smallest absolute Gasteiger partial charge is 0.303 e. The van der Waals surface area contributed by atoms with Crippen molar-refractivity contribution in [2.24, 2.45) is 50.7 Å². The molecule has 9 heteroatoms. The molecule has 3 heterocycles. The molecule has 0 amide bonds. The van der Waals surface area contributed by atoms with Crippen molar-refractivity contribution in [2.75, 3.05) is 6.61 Å². The molecule has 3 spiro atoms. The largest absolute Gasteiger partial charge is 0.457 e. The number of carbonyl (C=O) groups excluding carboxylic acids is 1. The Morgan fingerprint density at radius 2 is 1.57 bits per heavy atom. The van der Waals surface area contributed by atoms with Crippen LogP contribution in [0.4, 0.5) is 0 Å². The Balaban J connectivity index is 1.07. The zero-order valence-electron chi connectivity index (χ0n) is 29.2. The minimum Gasteiger partial charge on any atom is -0.457 e. The van der Waals surface area contributed by atoms with E-state index < -0.39 is 36.0 Å². The second-order valence-electron chi connectivity index (χ2n) is 18.8. The van der Waals surface area contributed by atoms with Crippen molar-refractivity contribution in [3.63, 3.8) is 0 Å². The summed E-state index contributed by atoms with van der Waals surface area (Å²) in [6.45, 7) is 17.6. The van der Waals surface area contributed by atoms with Crippen molar-refractivity contribution in [3.8, 4) is 0 Å². The molecular formula is C37H58O9. The van der Waals surface area contributed by atoms with E-state index >= 15 is 0 Å². The molecule has 0 aromatic rings. The second-order valence-corrected chi connectivity index (χ2v) is 18.8. The van der Waals surface area contributed by atoms with E-state index in [9.17, 15) is 20.1 Å². The predicted molar refractivity (Wildman–Crippen MR) is 167 cm³/mol. The average Bonchev–Trinajstić information content (AvgIpc) is 3.44. The van der Waals surface area contributed by atoms with Gasteiger partial charge in [-0.3, -0.25) is 4.79 Å². The fourth-order valence-electron chi connectivity index (χ4n) is 14.4. The van der Waals surface area contributed by atoms with Gasteiger partial charge in [-0.2, -0.15) is 0 Å². The molecule has 8 rings (SSSR count). The van der Waals surface area contributed by atoms with Gasteiger partial charge in [0.15, 0.2) is 12.1 Å². The fourth-order valence-corrected chi connectivity index (χ4v) is 14.4. The van der Waals surface area contributed by atoms with Crippen molar-refractivity contribution in [3.05, 3.63) is 0 Å². The van der Waals surface area contributed by atoms with Crippen LogP contribution in [0.2, 0.25) is 0 Å². The molecule has 16 atom stereocenters. The fraction of sp³-hybridized carbons (Fsp3) is 0.973. The third-order valence-corrected chi connectivity index (χ3v) is 16.1. The molecule has 260 valence electrons. The topological polar surface area (TPSA) is 124 Å². The summed E-state index contributed by atoms with van der Waals surface area (Å²) in [6, 6.07) is 0. The number of esters is 1. The van der Waals surface area contributed by atoms with Gasteiger partial charge in [0, 0.05) is 19.3 Å². The van der Waals surface area contributed by atoms with E-state index in [1.54, 1.807) is 0 Å². The number of aliphatic hydroxyl groups excluding tert-OH is 3. The molecule has 2 bridgehead atoms. The Hall–Kier alpha value is -0.810. The number of carbonyl (C=O) groups is 1. The number of hydrogen-bond donors (Lipinski definition) is 3. The summed E-state index contributed by atoms with van der Waals surface area (Å²) in [5.41, 5.74) is -0.0944. The van der Waals surface area contributed by atoms with Gasteiger partial charge in [0.2, 0.25) is 0 Å². The Kier molecular flexibility index (Phi) is 6.83. The highest BCUT2D eigenvalue weighted by Crippen LogP contribution is 2.90. The SMILES string of the molecule is CC(=O)OC(C)(C)C1OC23CC4(C)C5CCC6C(C)(C)C(OC7OCC(O)C(O)C7O)CCC67CC57CCC4(C)C2C(C)CC1O3. The molecule has 0 radical (unpaired) electrons. The van der Waals surface area contributed by atoms with Crippen LogP contribution in [-0.4, -0.2) is 82.2 Å². The minimum absolute atomic E-state index is 0.0389. The first-order valence-corrected chi connectivity index (χ1v) is 18.2. The molecule has 3 N–H and O–H groups in total. The quantitative estimate of drug-likeness (QED) is 0.294. The maximum absolute atomic E-state index is 12.1. The van der Waals surface area contributed by atoms with Gasteiger partial charge >= 0.3 is 5.97 Å². The summed E-state index contributed by atoms with van der Waals surface area (Å²) in [5, 5.41) is 30.9. The van der Waals surface area contributed by atoms with E-state index in [-0.39, 0.29) is 47.1 Å². The van der Waals surface area contributed by atoms with Gasteiger partial charge in [0.25, 0.3) is 0 Å². The number of aliphatic hydroxyl groups is 3. The van der Waals surface area contributed by atoms with Crippen molar-refractivity contribution < 1.29 is 43.8 Å². The van der Waals surface area contributed by atoms with E-state index in [2.05, 4.69) is 34.6 Å². The molecule has 0 aromatic carbocycles. The number of ether oxygens (including phenoxy) is 5.